The zero-order valence-corrected chi connectivity index (χ0v) is 15.8. The molecule has 0 N–H and O–H groups in total. The summed E-state index contributed by atoms with van der Waals surface area (Å²) in [5.74, 6) is -2.45. The number of fused-ring (bicyclic) bond motifs is 1. The molecule has 25 heavy (non-hydrogen) atoms. The van der Waals surface area contributed by atoms with Gasteiger partial charge in [0.05, 0.1) is 17.6 Å². The van der Waals surface area contributed by atoms with Crippen molar-refractivity contribution in [3.05, 3.63) is 0 Å². The molecular weight excluding hydrogens is 328 g/mol. The maximum atomic E-state index is 11.7. The molecule has 3 aliphatic heterocycles. The molecule has 4 aliphatic rings. The zero-order valence-electron chi connectivity index (χ0n) is 15.8. The second-order valence-corrected chi connectivity index (χ2v) is 8.51. The summed E-state index contributed by atoms with van der Waals surface area (Å²) in [5.41, 5.74) is -0.716. The molecule has 0 aromatic carbocycles. The van der Waals surface area contributed by atoms with E-state index in [0.717, 1.165) is 0 Å². The van der Waals surface area contributed by atoms with Crippen LogP contribution in [-0.4, -0.2) is 42.0 Å². The Labute approximate surface area is 148 Å². The summed E-state index contributed by atoms with van der Waals surface area (Å²) >= 11 is 0. The van der Waals surface area contributed by atoms with Crippen molar-refractivity contribution >= 4 is 11.9 Å². The molecule has 4 bridgehead atoms. The van der Waals surface area contributed by atoms with Crippen molar-refractivity contribution in [2.75, 3.05) is 0 Å². The van der Waals surface area contributed by atoms with Gasteiger partial charge in [-0.05, 0) is 27.2 Å². The van der Waals surface area contributed by atoms with Crippen LogP contribution in [0.1, 0.15) is 60.8 Å². The van der Waals surface area contributed by atoms with Crippen LogP contribution in [0.25, 0.3) is 0 Å². The first-order valence-electron chi connectivity index (χ1n) is 8.83. The Morgan fingerprint density at radius 1 is 1.16 bits per heavy atom. The minimum absolute atomic E-state index is 0.0745. The van der Waals surface area contributed by atoms with E-state index in [9.17, 15) is 9.59 Å². The van der Waals surface area contributed by atoms with E-state index in [1.165, 1.54) is 13.8 Å². The number of rotatable bonds is 3. The summed E-state index contributed by atoms with van der Waals surface area (Å²) in [5, 5.41) is 0. The second kappa shape index (κ2) is 5.93. The molecule has 6 atom stereocenters. The van der Waals surface area contributed by atoms with Crippen LogP contribution in [-0.2, 0) is 33.3 Å². The van der Waals surface area contributed by atoms with Crippen molar-refractivity contribution in [3.8, 4) is 0 Å². The quantitative estimate of drug-likeness (QED) is 0.719. The third-order valence-corrected chi connectivity index (χ3v) is 5.26. The number of carbonyl (C=O) groups excluding carboxylic acids is 2. The number of hydrogen-bond acceptors (Lipinski definition) is 7. The molecule has 7 heteroatoms. The highest BCUT2D eigenvalue weighted by molar-refractivity contribution is 5.67. The van der Waals surface area contributed by atoms with Gasteiger partial charge in [0.25, 0.3) is 0 Å². The van der Waals surface area contributed by atoms with Crippen molar-refractivity contribution in [1.29, 1.82) is 0 Å². The van der Waals surface area contributed by atoms with Gasteiger partial charge < -0.3 is 23.7 Å². The Balaban J connectivity index is 1.99. The van der Waals surface area contributed by atoms with Crippen LogP contribution in [0.5, 0.6) is 0 Å². The first kappa shape index (κ1) is 18.6. The highest BCUT2D eigenvalue weighted by atomic mass is 16.8. The number of hydrogen-bond donors (Lipinski definition) is 0. The van der Waals surface area contributed by atoms with Gasteiger partial charge in [0.15, 0.2) is 6.29 Å². The molecule has 0 aromatic rings. The van der Waals surface area contributed by atoms with Gasteiger partial charge in [-0.3, -0.25) is 9.59 Å². The molecule has 142 valence electrons. The smallest absolute Gasteiger partial charge is 0.305 e. The molecule has 1 unspecified atom stereocenters. The van der Waals surface area contributed by atoms with Crippen molar-refractivity contribution in [3.63, 3.8) is 0 Å². The van der Waals surface area contributed by atoms with Crippen LogP contribution < -0.4 is 0 Å². The van der Waals surface area contributed by atoms with Gasteiger partial charge in [-0.1, -0.05) is 6.92 Å². The van der Waals surface area contributed by atoms with E-state index in [-0.39, 0.29) is 11.7 Å². The van der Waals surface area contributed by atoms with Crippen LogP contribution in [0.3, 0.4) is 0 Å². The Bertz CT molecular complexity index is 568. The standard InChI is InChI=1S/C18H28O7/c1-10(19)21-15-14-17(6)9-13(22-15)25-18(14,23-11(2)20)8-7-12(17)24-16(3,4)5/h12-15H,7-9H2,1-6H3/t12-,13+,14?,15+,17+,18-/m0/s1. The number of ether oxygens (including phenoxy) is 5. The summed E-state index contributed by atoms with van der Waals surface area (Å²) in [6, 6.07) is 0. The van der Waals surface area contributed by atoms with Crippen LogP contribution in [0, 0.1) is 11.3 Å². The molecule has 4 fully saturated rings. The van der Waals surface area contributed by atoms with Gasteiger partial charge in [0.1, 0.15) is 0 Å². The average molecular weight is 356 g/mol. The minimum Gasteiger partial charge on any atom is -0.435 e. The number of esters is 2. The van der Waals surface area contributed by atoms with Crippen LogP contribution in [0.2, 0.25) is 0 Å². The molecule has 0 amide bonds. The summed E-state index contributed by atoms with van der Waals surface area (Å²) in [6.07, 6.45) is 0.266. The summed E-state index contributed by atoms with van der Waals surface area (Å²) in [6.45, 7) is 10.8. The fraction of sp³-hybridized carbons (Fsp3) is 0.889. The van der Waals surface area contributed by atoms with Crippen molar-refractivity contribution < 1.29 is 33.3 Å². The lowest BCUT2D eigenvalue weighted by atomic mass is 9.57. The predicted octanol–water partition coefficient (Wildman–Crippen LogP) is 2.51. The van der Waals surface area contributed by atoms with E-state index in [4.69, 9.17) is 23.7 Å². The monoisotopic (exact) mass is 356 g/mol. The third-order valence-electron chi connectivity index (χ3n) is 5.26. The van der Waals surface area contributed by atoms with E-state index < -0.39 is 41.6 Å². The van der Waals surface area contributed by atoms with E-state index in [1.54, 1.807) is 0 Å². The Hall–Kier alpha value is -1.18. The molecule has 3 saturated heterocycles. The first-order chi connectivity index (χ1) is 11.5. The molecule has 4 rings (SSSR count). The molecule has 1 saturated carbocycles. The van der Waals surface area contributed by atoms with Crippen molar-refractivity contribution in [1.82, 2.24) is 0 Å². The number of carbonyl (C=O) groups is 2. The largest absolute Gasteiger partial charge is 0.435 e. The van der Waals surface area contributed by atoms with Gasteiger partial charge >= 0.3 is 11.9 Å². The molecular formula is C18H28O7. The maximum absolute atomic E-state index is 11.7. The predicted molar refractivity (Wildman–Crippen MR) is 86.1 cm³/mol. The van der Waals surface area contributed by atoms with Crippen LogP contribution >= 0.6 is 0 Å². The van der Waals surface area contributed by atoms with E-state index in [1.807, 2.05) is 20.8 Å². The third kappa shape index (κ3) is 3.29. The van der Waals surface area contributed by atoms with Gasteiger partial charge in [-0.2, -0.15) is 0 Å². The maximum Gasteiger partial charge on any atom is 0.305 e. The first-order valence-corrected chi connectivity index (χ1v) is 8.83. The Morgan fingerprint density at radius 2 is 1.84 bits per heavy atom. The van der Waals surface area contributed by atoms with E-state index in [0.29, 0.717) is 19.3 Å². The normalized spacial score (nSPS) is 42.8. The average Bonchev–Trinajstić information content (AvgIpc) is 2.38. The van der Waals surface area contributed by atoms with Gasteiger partial charge in [0, 0.05) is 32.1 Å². The lowest BCUT2D eigenvalue weighted by Crippen LogP contribution is -2.73. The molecule has 1 aliphatic carbocycles. The summed E-state index contributed by atoms with van der Waals surface area (Å²) in [7, 11) is 0. The molecule has 7 nitrogen and oxygen atoms in total. The molecule has 0 radical (unpaired) electrons. The lowest BCUT2D eigenvalue weighted by Gasteiger charge is -2.64. The minimum atomic E-state index is -1.14. The van der Waals surface area contributed by atoms with Gasteiger partial charge in [-0.15, -0.1) is 0 Å². The SMILES string of the molecule is CC(=O)O[C@@H]1O[C@H]2C[C@@]3(C)C1[C@](OC(C)=O)(CC[C@@H]3OC(C)(C)C)O2. The Kier molecular flexibility index (Phi) is 4.41. The second-order valence-electron chi connectivity index (χ2n) is 8.51. The van der Waals surface area contributed by atoms with Crippen molar-refractivity contribution in [2.24, 2.45) is 11.3 Å². The zero-order chi connectivity index (χ0) is 18.6. The highest BCUT2D eigenvalue weighted by Crippen LogP contribution is 2.62. The Morgan fingerprint density at radius 3 is 2.40 bits per heavy atom. The van der Waals surface area contributed by atoms with Crippen LogP contribution in [0.4, 0.5) is 0 Å². The molecule has 3 heterocycles. The highest BCUT2D eigenvalue weighted by Gasteiger charge is 2.71. The summed E-state index contributed by atoms with van der Waals surface area (Å²) in [4.78, 5) is 23.3. The van der Waals surface area contributed by atoms with Gasteiger partial charge in [-0.25, -0.2) is 0 Å². The van der Waals surface area contributed by atoms with Crippen molar-refractivity contribution in [2.45, 2.75) is 90.9 Å². The topological polar surface area (TPSA) is 80.3 Å². The van der Waals surface area contributed by atoms with E-state index in [2.05, 4.69) is 6.92 Å². The van der Waals surface area contributed by atoms with E-state index >= 15 is 0 Å². The molecule has 0 spiro atoms. The van der Waals surface area contributed by atoms with Crippen LogP contribution in [0.15, 0.2) is 0 Å². The fourth-order valence-electron chi connectivity index (χ4n) is 4.62. The summed E-state index contributed by atoms with van der Waals surface area (Å²) < 4.78 is 29.2. The molecule has 0 aromatic heterocycles. The van der Waals surface area contributed by atoms with Gasteiger partial charge in [0.2, 0.25) is 12.1 Å². The fourth-order valence-corrected chi connectivity index (χ4v) is 4.62. The lowest BCUT2D eigenvalue weighted by molar-refractivity contribution is -0.478.